The number of carbonyl (C=O) groups is 1. The average Bonchev–Trinajstić information content (AvgIpc) is 2.74. The summed E-state index contributed by atoms with van der Waals surface area (Å²) < 4.78 is 30.3. The van der Waals surface area contributed by atoms with E-state index in [1.54, 1.807) is 78.9 Å². The quantitative estimate of drug-likeness (QED) is 0.493. The van der Waals surface area contributed by atoms with Gasteiger partial charge in [0.2, 0.25) is 0 Å². The highest BCUT2D eigenvalue weighted by Crippen LogP contribution is 2.20. The molecule has 0 aliphatic heterocycles. The maximum absolute atomic E-state index is 12.7. The van der Waals surface area contributed by atoms with Crippen LogP contribution < -0.4 is 10.9 Å². The molecule has 0 fully saturated rings. The van der Waals surface area contributed by atoms with Crippen molar-refractivity contribution in [3.63, 3.8) is 0 Å². The van der Waals surface area contributed by atoms with E-state index in [1.165, 1.54) is 6.07 Å². The standard InChI is InChI=1S/C23H17NO5S/c25-22-12-9-17-14-19(10-11-21(17)29-22)24-23(26)18-6-4-5-16(13-18)15-30(27,28)20-7-2-1-3-8-20/h1-14H,15H2,(H,24,26). The van der Waals surface area contributed by atoms with Gasteiger partial charge in [-0.25, -0.2) is 13.2 Å². The van der Waals surface area contributed by atoms with Crippen molar-refractivity contribution in [3.8, 4) is 0 Å². The van der Waals surface area contributed by atoms with Gasteiger partial charge >= 0.3 is 5.63 Å². The molecule has 0 saturated carbocycles. The van der Waals surface area contributed by atoms with Crippen LogP contribution in [0.4, 0.5) is 5.69 Å². The van der Waals surface area contributed by atoms with Crippen LogP contribution in [-0.2, 0) is 15.6 Å². The van der Waals surface area contributed by atoms with Crippen LogP contribution >= 0.6 is 0 Å². The van der Waals surface area contributed by atoms with Gasteiger partial charge < -0.3 is 9.73 Å². The first-order valence-electron chi connectivity index (χ1n) is 9.13. The molecule has 4 rings (SSSR count). The van der Waals surface area contributed by atoms with E-state index in [9.17, 15) is 18.0 Å². The van der Waals surface area contributed by atoms with E-state index in [0.29, 0.717) is 27.8 Å². The second-order valence-electron chi connectivity index (χ2n) is 6.73. The van der Waals surface area contributed by atoms with Gasteiger partial charge in [0.05, 0.1) is 10.6 Å². The summed E-state index contributed by atoms with van der Waals surface area (Å²) in [5.41, 5.74) is 1.38. The number of amides is 1. The SMILES string of the molecule is O=C(Nc1ccc2oc(=O)ccc2c1)c1cccc(CS(=O)(=O)c2ccccc2)c1. The molecule has 0 aliphatic carbocycles. The summed E-state index contributed by atoms with van der Waals surface area (Å²) in [6.07, 6.45) is 0. The number of carbonyl (C=O) groups excluding carboxylic acids is 1. The van der Waals surface area contributed by atoms with Gasteiger partial charge in [-0.1, -0.05) is 30.3 Å². The molecule has 0 unspecified atom stereocenters. The Morgan fingerprint density at radius 1 is 0.867 bits per heavy atom. The third-order valence-corrected chi connectivity index (χ3v) is 6.23. The average molecular weight is 419 g/mol. The van der Waals surface area contributed by atoms with Crippen LogP contribution in [0.5, 0.6) is 0 Å². The molecule has 1 N–H and O–H groups in total. The zero-order valence-corrected chi connectivity index (χ0v) is 16.6. The minimum atomic E-state index is -3.51. The fourth-order valence-corrected chi connectivity index (χ4v) is 4.44. The molecule has 0 saturated heterocycles. The van der Waals surface area contributed by atoms with E-state index in [0.717, 1.165) is 0 Å². The summed E-state index contributed by atoms with van der Waals surface area (Å²) in [6, 6.07) is 22.6. The minimum absolute atomic E-state index is 0.201. The number of sulfone groups is 1. The van der Waals surface area contributed by atoms with E-state index >= 15 is 0 Å². The monoisotopic (exact) mass is 419 g/mol. The Kier molecular flexibility index (Phi) is 5.20. The lowest BCUT2D eigenvalue weighted by molar-refractivity contribution is 0.102. The van der Waals surface area contributed by atoms with Crippen molar-refractivity contribution in [1.82, 2.24) is 0 Å². The van der Waals surface area contributed by atoms with Crippen LogP contribution in [0.25, 0.3) is 11.0 Å². The van der Waals surface area contributed by atoms with Gasteiger partial charge in [-0.3, -0.25) is 4.79 Å². The Morgan fingerprint density at radius 2 is 1.67 bits per heavy atom. The molecule has 0 radical (unpaired) electrons. The zero-order valence-electron chi connectivity index (χ0n) is 15.7. The van der Waals surface area contributed by atoms with Crippen molar-refractivity contribution in [2.24, 2.45) is 0 Å². The summed E-state index contributed by atoms with van der Waals surface area (Å²) in [4.78, 5) is 24.2. The van der Waals surface area contributed by atoms with Crippen molar-refractivity contribution >= 4 is 32.4 Å². The Balaban J connectivity index is 1.54. The van der Waals surface area contributed by atoms with Gasteiger partial charge in [-0.15, -0.1) is 0 Å². The summed E-state index contributed by atoms with van der Waals surface area (Å²) in [5.74, 6) is -0.571. The van der Waals surface area contributed by atoms with Crippen LogP contribution in [0.3, 0.4) is 0 Å². The first kappa shape index (κ1) is 19.6. The van der Waals surface area contributed by atoms with Crippen molar-refractivity contribution in [1.29, 1.82) is 0 Å². The predicted molar refractivity (Wildman–Crippen MR) is 114 cm³/mol. The molecule has 1 aromatic heterocycles. The number of hydrogen-bond acceptors (Lipinski definition) is 5. The first-order valence-corrected chi connectivity index (χ1v) is 10.8. The summed E-state index contributed by atoms with van der Waals surface area (Å²) in [5, 5.41) is 3.45. The van der Waals surface area contributed by atoms with Crippen molar-refractivity contribution in [2.45, 2.75) is 10.6 Å². The molecular weight excluding hydrogens is 402 g/mol. The molecule has 30 heavy (non-hydrogen) atoms. The Labute approximate surface area is 172 Å². The number of fused-ring (bicyclic) bond motifs is 1. The van der Waals surface area contributed by atoms with E-state index in [1.807, 2.05) is 0 Å². The smallest absolute Gasteiger partial charge is 0.336 e. The van der Waals surface area contributed by atoms with Crippen molar-refractivity contribution in [2.75, 3.05) is 5.32 Å². The summed E-state index contributed by atoms with van der Waals surface area (Å²) in [6.45, 7) is 0. The second-order valence-corrected chi connectivity index (χ2v) is 8.72. The third kappa shape index (κ3) is 4.31. The van der Waals surface area contributed by atoms with Gasteiger partial charge in [-0.05, 0) is 54.1 Å². The maximum atomic E-state index is 12.7. The fraction of sp³-hybridized carbons (Fsp3) is 0.0435. The Morgan fingerprint density at radius 3 is 2.47 bits per heavy atom. The number of nitrogens with one attached hydrogen (secondary N) is 1. The van der Waals surface area contributed by atoms with Gasteiger partial charge in [0.1, 0.15) is 5.58 Å². The highest BCUT2D eigenvalue weighted by molar-refractivity contribution is 7.90. The lowest BCUT2D eigenvalue weighted by Gasteiger charge is -2.09. The van der Waals surface area contributed by atoms with E-state index in [2.05, 4.69) is 5.32 Å². The highest BCUT2D eigenvalue weighted by Gasteiger charge is 2.16. The number of benzene rings is 3. The van der Waals surface area contributed by atoms with Crippen LogP contribution in [0.15, 0.2) is 99.0 Å². The maximum Gasteiger partial charge on any atom is 0.336 e. The molecular formula is C23H17NO5S. The van der Waals surface area contributed by atoms with Crippen LogP contribution in [0.2, 0.25) is 0 Å². The third-order valence-electron chi connectivity index (χ3n) is 4.53. The molecule has 4 aromatic rings. The first-order chi connectivity index (χ1) is 14.4. The van der Waals surface area contributed by atoms with Gasteiger partial charge in [0, 0.05) is 22.7 Å². The predicted octanol–water partition coefficient (Wildman–Crippen LogP) is 4.02. The van der Waals surface area contributed by atoms with E-state index in [4.69, 9.17) is 4.42 Å². The van der Waals surface area contributed by atoms with E-state index in [-0.39, 0.29) is 16.6 Å². The molecule has 0 aliphatic rings. The lowest BCUT2D eigenvalue weighted by Crippen LogP contribution is -2.13. The van der Waals surface area contributed by atoms with Crippen LogP contribution in [0, 0.1) is 0 Å². The lowest BCUT2D eigenvalue weighted by atomic mass is 10.1. The second kappa shape index (κ2) is 7.96. The van der Waals surface area contributed by atoms with Gasteiger partial charge in [0.25, 0.3) is 5.91 Å². The number of rotatable bonds is 5. The van der Waals surface area contributed by atoms with Gasteiger partial charge in [0.15, 0.2) is 9.84 Å². The summed E-state index contributed by atoms with van der Waals surface area (Å²) in [7, 11) is -3.51. The number of hydrogen-bond donors (Lipinski definition) is 1. The molecule has 3 aromatic carbocycles. The molecule has 1 amide bonds. The highest BCUT2D eigenvalue weighted by atomic mass is 32.2. The Bertz CT molecular complexity index is 1390. The molecule has 150 valence electrons. The molecule has 7 heteroatoms. The normalized spacial score (nSPS) is 11.3. The fourth-order valence-electron chi connectivity index (χ4n) is 3.09. The minimum Gasteiger partial charge on any atom is -0.423 e. The molecule has 0 atom stereocenters. The molecule has 0 bridgehead atoms. The van der Waals surface area contributed by atoms with Crippen molar-refractivity contribution < 1.29 is 17.6 Å². The summed E-state index contributed by atoms with van der Waals surface area (Å²) >= 11 is 0. The topological polar surface area (TPSA) is 93.4 Å². The zero-order chi connectivity index (χ0) is 21.1. The largest absolute Gasteiger partial charge is 0.423 e. The van der Waals surface area contributed by atoms with Crippen molar-refractivity contribution in [3.05, 3.63) is 106 Å². The van der Waals surface area contributed by atoms with Gasteiger partial charge in [-0.2, -0.15) is 0 Å². The van der Waals surface area contributed by atoms with Crippen LogP contribution in [0.1, 0.15) is 15.9 Å². The molecule has 1 heterocycles. The molecule has 6 nitrogen and oxygen atoms in total. The Hall–Kier alpha value is -3.71. The molecule has 0 spiro atoms. The van der Waals surface area contributed by atoms with E-state index < -0.39 is 15.5 Å². The number of anilines is 1. The van der Waals surface area contributed by atoms with Crippen LogP contribution in [-0.4, -0.2) is 14.3 Å².